The number of hydrogen-bond acceptors (Lipinski definition) is 5. The lowest BCUT2D eigenvalue weighted by molar-refractivity contribution is 0.202. The quantitative estimate of drug-likeness (QED) is 0.690. The van der Waals surface area contributed by atoms with Crippen LogP contribution in [0.4, 0.5) is 0 Å². The van der Waals surface area contributed by atoms with Crippen LogP contribution in [0.3, 0.4) is 0 Å². The summed E-state index contributed by atoms with van der Waals surface area (Å²) >= 11 is 0. The fraction of sp³-hybridized carbons (Fsp3) is 0.364. The van der Waals surface area contributed by atoms with Crippen molar-refractivity contribution < 1.29 is 10.2 Å². The Hall–Kier alpha value is -2.70. The predicted octanol–water partition coefficient (Wildman–Crippen LogP) is 2.95. The number of aliphatic hydroxyl groups excluding tert-OH is 1. The van der Waals surface area contributed by atoms with Crippen molar-refractivity contribution in [2.75, 3.05) is 19.7 Å². The summed E-state index contributed by atoms with van der Waals surface area (Å²) < 4.78 is 1.75. The summed E-state index contributed by atoms with van der Waals surface area (Å²) in [4.78, 5) is 2.39. The summed E-state index contributed by atoms with van der Waals surface area (Å²) in [6.45, 7) is 2.74. The zero-order chi connectivity index (χ0) is 19.3. The van der Waals surface area contributed by atoms with Crippen molar-refractivity contribution in [3.05, 3.63) is 77.6 Å². The van der Waals surface area contributed by atoms with Crippen molar-refractivity contribution in [2.24, 2.45) is 0 Å². The largest absolute Gasteiger partial charge is 0.508 e. The van der Waals surface area contributed by atoms with E-state index in [0.717, 1.165) is 43.7 Å². The van der Waals surface area contributed by atoms with E-state index >= 15 is 0 Å². The molecular formula is C22H26N4O2. The van der Waals surface area contributed by atoms with Crippen LogP contribution in [0.15, 0.2) is 60.8 Å². The molecule has 3 aromatic rings. The molecule has 6 nitrogen and oxygen atoms in total. The molecule has 0 bridgehead atoms. The molecule has 1 aliphatic heterocycles. The Morgan fingerprint density at radius 1 is 1.04 bits per heavy atom. The number of benzene rings is 2. The van der Waals surface area contributed by atoms with Gasteiger partial charge in [0.15, 0.2) is 0 Å². The van der Waals surface area contributed by atoms with Gasteiger partial charge in [0.25, 0.3) is 0 Å². The van der Waals surface area contributed by atoms with E-state index in [1.54, 1.807) is 10.7 Å². The molecule has 1 aliphatic rings. The van der Waals surface area contributed by atoms with Gasteiger partial charge in [-0.05, 0) is 55.1 Å². The van der Waals surface area contributed by atoms with Crippen molar-refractivity contribution in [2.45, 2.75) is 31.3 Å². The van der Waals surface area contributed by atoms with Gasteiger partial charge in [-0.2, -0.15) is 0 Å². The third-order valence-corrected chi connectivity index (χ3v) is 5.55. The predicted molar refractivity (Wildman–Crippen MR) is 107 cm³/mol. The highest BCUT2D eigenvalue weighted by Crippen LogP contribution is 2.30. The molecule has 1 saturated heterocycles. The van der Waals surface area contributed by atoms with E-state index in [1.165, 1.54) is 5.56 Å². The average molecular weight is 378 g/mol. The van der Waals surface area contributed by atoms with E-state index in [-0.39, 0.29) is 12.6 Å². The number of piperidine rings is 1. The minimum absolute atomic E-state index is 0.0118. The van der Waals surface area contributed by atoms with E-state index in [1.807, 2.05) is 48.7 Å². The summed E-state index contributed by atoms with van der Waals surface area (Å²) in [5, 5.41) is 28.1. The highest BCUT2D eigenvalue weighted by Gasteiger charge is 2.22. The molecule has 4 rings (SSSR count). The van der Waals surface area contributed by atoms with Crippen molar-refractivity contribution in [3.8, 4) is 5.75 Å². The SMILES string of the molecule is OC[C@@H](c1ccccc1)n1cc(CN2CCC(c3cccc(O)c3)CC2)nn1. The Bertz CT molecular complexity index is 888. The number of phenolic OH excluding ortho intramolecular Hbond substituents is 1. The average Bonchev–Trinajstić information content (AvgIpc) is 3.18. The lowest BCUT2D eigenvalue weighted by Crippen LogP contribution is -2.32. The Kier molecular flexibility index (Phi) is 5.69. The number of phenols is 1. The second-order valence-corrected chi connectivity index (χ2v) is 7.44. The first-order chi connectivity index (χ1) is 13.7. The van der Waals surface area contributed by atoms with Crippen LogP contribution in [0, 0.1) is 0 Å². The molecule has 1 aromatic heterocycles. The zero-order valence-electron chi connectivity index (χ0n) is 15.9. The van der Waals surface area contributed by atoms with Gasteiger partial charge in [-0.3, -0.25) is 4.90 Å². The van der Waals surface area contributed by atoms with Gasteiger partial charge >= 0.3 is 0 Å². The number of rotatable bonds is 6. The number of nitrogens with zero attached hydrogens (tertiary/aromatic N) is 4. The molecule has 2 aromatic carbocycles. The third-order valence-electron chi connectivity index (χ3n) is 5.55. The topological polar surface area (TPSA) is 74.4 Å². The molecule has 2 N–H and O–H groups in total. The summed E-state index contributed by atoms with van der Waals surface area (Å²) in [5.74, 6) is 0.837. The first-order valence-corrected chi connectivity index (χ1v) is 9.80. The molecule has 0 saturated carbocycles. The molecular weight excluding hydrogens is 352 g/mol. The van der Waals surface area contributed by atoms with Crippen molar-refractivity contribution in [3.63, 3.8) is 0 Å². The fourth-order valence-electron chi connectivity index (χ4n) is 3.99. The van der Waals surface area contributed by atoms with Gasteiger partial charge in [0, 0.05) is 6.54 Å². The Morgan fingerprint density at radius 3 is 2.54 bits per heavy atom. The monoisotopic (exact) mass is 378 g/mol. The molecule has 0 radical (unpaired) electrons. The van der Waals surface area contributed by atoms with E-state index < -0.39 is 0 Å². The maximum Gasteiger partial charge on any atom is 0.115 e. The summed E-state index contributed by atoms with van der Waals surface area (Å²) in [5.41, 5.74) is 3.16. The van der Waals surface area contributed by atoms with Gasteiger partial charge in [0.05, 0.1) is 18.5 Å². The highest BCUT2D eigenvalue weighted by molar-refractivity contribution is 5.30. The molecule has 2 heterocycles. The van der Waals surface area contributed by atoms with Crippen LogP contribution in [0.1, 0.15) is 41.6 Å². The van der Waals surface area contributed by atoms with Crippen LogP contribution in [0.2, 0.25) is 0 Å². The van der Waals surface area contributed by atoms with Gasteiger partial charge in [-0.25, -0.2) is 4.68 Å². The molecule has 28 heavy (non-hydrogen) atoms. The number of hydrogen-bond donors (Lipinski definition) is 2. The van der Waals surface area contributed by atoms with Gasteiger partial charge < -0.3 is 10.2 Å². The lowest BCUT2D eigenvalue weighted by Gasteiger charge is -2.31. The smallest absolute Gasteiger partial charge is 0.115 e. The van der Waals surface area contributed by atoms with Crippen LogP contribution in [-0.2, 0) is 6.54 Å². The van der Waals surface area contributed by atoms with Gasteiger partial charge in [-0.15, -0.1) is 5.10 Å². The van der Waals surface area contributed by atoms with E-state index in [4.69, 9.17) is 0 Å². The van der Waals surface area contributed by atoms with E-state index in [2.05, 4.69) is 21.3 Å². The van der Waals surface area contributed by atoms with Crippen molar-refractivity contribution >= 4 is 0 Å². The normalized spacial score (nSPS) is 16.9. The molecule has 146 valence electrons. The second kappa shape index (κ2) is 8.54. The van der Waals surface area contributed by atoms with Crippen LogP contribution in [0.25, 0.3) is 0 Å². The summed E-state index contributed by atoms with van der Waals surface area (Å²) in [6.07, 6.45) is 4.08. The van der Waals surface area contributed by atoms with Crippen LogP contribution in [0.5, 0.6) is 5.75 Å². The maximum absolute atomic E-state index is 9.80. The molecule has 0 spiro atoms. The fourth-order valence-corrected chi connectivity index (χ4v) is 3.99. The lowest BCUT2D eigenvalue weighted by atomic mass is 9.89. The molecule has 1 atom stereocenters. The highest BCUT2D eigenvalue weighted by atomic mass is 16.3. The second-order valence-electron chi connectivity index (χ2n) is 7.44. The maximum atomic E-state index is 9.80. The first-order valence-electron chi connectivity index (χ1n) is 9.80. The molecule has 0 aliphatic carbocycles. The summed E-state index contributed by atoms with van der Waals surface area (Å²) in [7, 11) is 0. The molecule has 6 heteroatoms. The number of likely N-dealkylation sites (tertiary alicyclic amines) is 1. The van der Waals surface area contributed by atoms with Crippen molar-refractivity contribution in [1.82, 2.24) is 19.9 Å². The van der Waals surface area contributed by atoms with Gasteiger partial charge in [-0.1, -0.05) is 47.7 Å². The van der Waals surface area contributed by atoms with Crippen molar-refractivity contribution in [1.29, 1.82) is 0 Å². The standard InChI is InChI=1S/C22H26N4O2/c27-16-22(18-5-2-1-3-6-18)26-15-20(23-24-26)14-25-11-9-17(10-12-25)19-7-4-8-21(28)13-19/h1-8,13,15,17,22,27-28H,9-12,14,16H2/t22-/m0/s1. The molecule has 0 amide bonds. The Labute approximate surface area is 165 Å². The minimum Gasteiger partial charge on any atom is -0.508 e. The summed E-state index contributed by atoms with van der Waals surface area (Å²) in [6, 6.07) is 17.3. The Balaban J connectivity index is 1.36. The number of aromatic nitrogens is 3. The zero-order valence-corrected chi connectivity index (χ0v) is 15.9. The van der Waals surface area contributed by atoms with Gasteiger partial charge in [0.2, 0.25) is 0 Å². The van der Waals surface area contributed by atoms with Crippen LogP contribution >= 0.6 is 0 Å². The number of aromatic hydroxyl groups is 1. The van der Waals surface area contributed by atoms with E-state index in [9.17, 15) is 10.2 Å². The Morgan fingerprint density at radius 2 is 1.82 bits per heavy atom. The van der Waals surface area contributed by atoms with Crippen LogP contribution < -0.4 is 0 Å². The van der Waals surface area contributed by atoms with Crippen LogP contribution in [-0.4, -0.2) is 49.8 Å². The van der Waals surface area contributed by atoms with Gasteiger partial charge in [0.1, 0.15) is 11.8 Å². The van der Waals surface area contributed by atoms with E-state index in [0.29, 0.717) is 11.7 Å². The third kappa shape index (κ3) is 4.24. The number of aliphatic hydroxyl groups is 1. The first kappa shape index (κ1) is 18.7. The molecule has 0 unspecified atom stereocenters. The minimum atomic E-state index is -0.209. The molecule has 1 fully saturated rings.